The van der Waals surface area contributed by atoms with E-state index in [9.17, 15) is 9.59 Å². The molecule has 0 fully saturated rings. The SMILES string of the molecule is C=C/C=C\C(=O)N(C)CCC(=O)O. The Morgan fingerprint density at radius 2 is 2.15 bits per heavy atom. The molecule has 0 saturated heterocycles. The van der Waals surface area contributed by atoms with Crippen LogP contribution in [0.4, 0.5) is 0 Å². The zero-order valence-corrected chi connectivity index (χ0v) is 7.56. The summed E-state index contributed by atoms with van der Waals surface area (Å²) in [6, 6.07) is 0. The Morgan fingerprint density at radius 3 is 2.62 bits per heavy atom. The standard InChI is InChI=1S/C9H13NO3/c1-3-4-5-8(11)10(2)7-6-9(12)13/h3-5H,1,6-7H2,2H3,(H,12,13)/b5-4-. The average Bonchev–Trinajstić information content (AvgIpc) is 2.10. The molecule has 4 nitrogen and oxygen atoms in total. The molecule has 72 valence electrons. The van der Waals surface area contributed by atoms with Crippen LogP contribution >= 0.6 is 0 Å². The topological polar surface area (TPSA) is 57.6 Å². The van der Waals surface area contributed by atoms with Crippen molar-refractivity contribution in [2.24, 2.45) is 0 Å². The van der Waals surface area contributed by atoms with Crippen molar-refractivity contribution < 1.29 is 14.7 Å². The highest BCUT2D eigenvalue weighted by Crippen LogP contribution is 1.90. The van der Waals surface area contributed by atoms with Crippen LogP contribution in [-0.4, -0.2) is 35.5 Å². The van der Waals surface area contributed by atoms with Gasteiger partial charge in [0.25, 0.3) is 0 Å². The van der Waals surface area contributed by atoms with E-state index >= 15 is 0 Å². The normalized spacial score (nSPS) is 9.92. The first-order valence-electron chi connectivity index (χ1n) is 3.84. The van der Waals surface area contributed by atoms with Gasteiger partial charge in [-0.3, -0.25) is 9.59 Å². The predicted molar refractivity (Wildman–Crippen MR) is 49.2 cm³/mol. The van der Waals surface area contributed by atoms with E-state index in [1.165, 1.54) is 23.1 Å². The van der Waals surface area contributed by atoms with Gasteiger partial charge in [-0.2, -0.15) is 0 Å². The molecule has 13 heavy (non-hydrogen) atoms. The molecule has 0 aromatic heterocycles. The lowest BCUT2D eigenvalue weighted by Gasteiger charge is -2.12. The molecule has 0 rings (SSSR count). The Bertz CT molecular complexity index is 233. The van der Waals surface area contributed by atoms with Crippen LogP contribution in [-0.2, 0) is 9.59 Å². The summed E-state index contributed by atoms with van der Waals surface area (Å²) in [6.07, 6.45) is 4.31. The number of nitrogens with zero attached hydrogens (tertiary/aromatic N) is 1. The molecule has 0 aromatic rings. The largest absolute Gasteiger partial charge is 0.481 e. The number of carboxylic acid groups (broad SMARTS) is 1. The van der Waals surface area contributed by atoms with E-state index in [2.05, 4.69) is 6.58 Å². The van der Waals surface area contributed by atoms with Gasteiger partial charge in [-0.05, 0) is 0 Å². The van der Waals surface area contributed by atoms with Gasteiger partial charge in [-0.25, -0.2) is 0 Å². The van der Waals surface area contributed by atoms with Crippen molar-refractivity contribution >= 4 is 11.9 Å². The van der Waals surface area contributed by atoms with E-state index in [4.69, 9.17) is 5.11 Å². The van der Waals surface area contributed by atoms with Gasteiger partial charge in [0.2, 0.25) is 5.91 Å². The average molecular weight is 183 g/mol. The zero-order valence-electron chi connectivity index (χ0n) is 7.56. The van der Waals surface area contributed by atoms with E-state index < -0.39 is 5.97 Å². The zero-order chi connectivity index (χ0) is 10.3. The summed E-state index contributed by atoms with van der Waals surface area (Å²) >= 11 is 0. The lowest BCUT2D eigenvalue weighted by Crippen LogP contribution is -2.27. The van der Waals surface area contributed by atoms with E-state index in [1.807, 2.05) is 0 Å². The maximum atomic E-state index is 11.1. The number of carbonyl (C=O) groups is 2. The fraction of sp³-hybridized carbons (Fsp3) is 0.333. The van der Waals surface area contributed by atoms with Crippen molar-refractivity contribution in [3.05, 3.63) is 24.8 Å². The third-order valence-electron chi connectivity index (χ3n) is 1.41. The Kier molecular flexibility index (Phi) is 5.27. The second-order valence-electron chi connectivity index (χ2n) is 2.50. The minimum absolute atomic E-state index is 0.0375. The molecule has 0 atom stereocenters. The minimum atomic E-state index is -0.910. The summed E-state index contributed by atoms with van der Waals surface area (Å²) < 4.78 is 0. The van der Waals surface area contributed by atoms with Crippen LogP contribution in [0, 0.1) is 0 Å². The summed E-state index contributed by atoms with van der Waals surface area (Å²) in [5.74, 6) is -1.13. The van der Waals surface area contributed by atoms with Crippen molar-refractivity contribution in [3.8, 4) is 0 Å². The summed E-state index contributed by atoms with van der Waals surface area (Å²) in [6.45, 7) is 3.63. The van der Waals surface area contributed by atoms with Crippen LogP contribution in [0.2, 0.25) is 0 Å². The van der Waals surface area contributed by atoms with E-state index in [0.717, 1.165) is 0 Å². The number of hydrogen-bond donors (Lipinski definition) is 1. The lowest BCUT2D eigenvalue weighted by molar-refractivity contribution is -0.137. The molecular weight excluding hydrogens is 170 g/mol. The van der Waals surface area contributed by atoms with E-state index in [1.54, 1.807) is 7.05 Å². The second-order valence-corrected chi connectivity index (χ2v) is 2.50. The molecule has 1 N–H and O–H groups in total. The predicted octanol–water partition coefficient (Wildman–Crippen LogP) is 0.662. The molecular formula is C9H13NO3. The molecule has 0 aromatic carbocycles. The second kappa shape index (κ2) is 5.99. The number of carboxylic acids is 1. The Hall–Kier alpha value is -1.58. The Morgan fingerprint density at radius 1 is 1.54 bits per heavy atom. The van der Waals surface area contributed by atoms with Crippen molar-refractivity contribution in [2.45, 2.75) is 6.42 Å². The molecule has 4 heteroatoms. The van der Waals surface area contributed by atoms with Crippen molar-refractivity contribution in [1.82, 2.24) is 4.90 Å². The first-order valence-corrected chi connectivity index (χ1v) is 3.84. The number of hydrogen-bond acceptors (Lipinski definition) is 2. The van der Waals surface area contributed by atoms with Crippen LogP contribution < -0.4 is 0 Å². The Labute approximate surface area is 77.2 Å². The first kappa shape index (κ1) is 11.4. The fourth-order valence-corrected chi connectivity index (χ4v) is 0.651. The van der Waals surface area contributed by atoms with Crippen LogP contribution in [0.15, 0.2) is 24.8 Å². The highest BCUT2D eigenvalue weighted by Gasteiger charge is 2.05. The van der Waals surface area contributed by atoms with Gasteiger partial charge in [0, 0.05) is 19.7 Å². The molecule has 0 bridgehead atoms. The first-order chi connectivity index (χ1) is 6.07. The number of likely N-dealkylation sites (N-methyl/N-ethyl adjacent to an activating group) is 1. The molecule has 0 unspecified atom stereocenters. The molecule has 1 amide bonds. The smallest absolute Gasteiger partial charge is 0.305 e. The molecule has 0 heterocycles. The van der Waals surface area contributed by atoms with Gasteiger partial charge in [-0.1, -0.05) is 18.7 Å². The summed E-state index contributed by atoms with van der Waals surface area (Å²) in [5, 5.41) is 8.35. The summed E-state index contributed by atoms with van der Waals surface area (Å²) in [5.41, 5.74) is 0. The van der Waals surface area contributed by atoms with E-state index in [0.29, 0.717) is 0 Å². The third kappa shape index (κ3) is 5.66. The number of carbonyl (C=O) groups excluding carboxylic acids is 1. The molecule has 0 spiro atoms. The molecule has 0 radical (unpaired) electrons. The highest BCUT2D eigenvalue weighted by atomic mass is 16.4. The van der Waals surface area contributed by atoms with E-state index in [-0.39, 0.29) is 18.9 Å². The van der Waals surface area contributed by atoms with Gasteiger partial charge in [0.05, 0.1) is 6.42 Å². The van der Waals surface area contributed by atoms with Crippen LogP contribution in [0.5, 0.6) is 0 Å². The van der Waals surface area contributed by atoms with Crippen molar-refractivity contribution in [1.29, 1.82) is 0 Å². The van der Waals surface area contributed by atoms with Crippen molar-refractivity contribution in [3.63, 3.8) is 0 Å². The molecule has 0 saturated carbocycles. The Balaban J connectivity index is 3.89. The number of amides is 1. The van der Waals surface area contributed by atoms with Gasteiger partial charge in [-0.15, -0.1) is 0 Å². The van der Waals surface area contributed by atoms with Gasteiger partial charge >= 0.3 is 5.97 Å². The maximum Gasteiger partial charge on any atom is 0.305 e. The quantitative estimate of drug-likeness (QED) is 0.503. The van der Waals surface area contributed by atoms with Crippen molar-refractivity contribution in [2.75, 3.05) is 13.6 Å². The van der Waals surface area contributed by atoms with Gasteiger partial charge < -0.3 is 10.0 Å². The summed E-state index contributed by atoms with van der Waals surface area (Å²) in [4.78, 5) is 22.6. The van der Waals surface area contributed by atoms with Crippen LogP contribution in [0.1, 0.15) is 6.42 Å². The minimum Gasteiger partial charge on any atom is -0.481 e. The van der Waals surface area contributed by atoms with Gasteiger partial charge in [0.15, 0.2) is 0 Å². The molecule has 0 aliphatic heterocycles. The summed E-state index contributed by atoms with van der Waals surface area (Å²) in [7, 11) is 1.55. The number of allylic oxidation sites excluding steroid dienone is 2. The number of aliphatic carboxylic acids is 1. The maximum absolute atomic E-state index is 11.1. The van der Waals surface area contributed by atoms with Crippen LogP contribution in [0.3, 0.4) is 0 Å². The van der Waals surface area contributed by atoms with Crippen LogP contribution in [0.25, 0.3) is 0 Å². The number of rotatable bonds is 5. The van der Waals surface area contributed by atoms with Gasteiger partial charge in [0.1, 0.15) is 0 Å². The molecule has 0 aliphatic carbocycles. The molecule has 0 aliphatic rings. The highest BCUT2D eigenvalue weighted by molar-refractivity contribution is 5.87. The third-order valence-corrected chi connectivity index (χ3v) is 1.41. The fourth-order valence-electron chi connectivity index (χ4n) is 0.651. The lowest BCUT2D eigenvalue weighted by atomic mass is 10.3. The monoisotopic (exact) mass is 183 g/mol.